The van der Waals surface area contributed by atoms with Crippen molar-refractivity contribution in [3.63, 3.8) is 0 Å². The Morgan fingerprint density at radius 3 is 2.27 bits per heavy atom. The molecule has 8 heterocycles. The standard InChI is InChI=1S/C47H48F3N9O6S/c48-32-13-18-58(26-32)66(64,65)55-38-5-4-37(49)42(43(38)50)44(61)36-24-53-45-35(36)21-30(23-52-45)29-1-7-40(51-22-29)57-16-11-28(12-17-57)19-27-9-14-56(15-10-27)33-2-3-34-31(20-33)25-59(47(34)63)39-6-8-41(60)54-46(39)62/h1-5,7,20-24,27-28,32,39,55H,6,8-19,25-26H2,(H,52,53)(H,54,60,62)/t32-,39?/m1/s1. The van der Waals surface area contributed by atoms with E-state index in [1.165, 1.54) is 12.6 Å². The van der Waals surface area contributed by atoms with Crippen LogP contribution in [0.25, 0.3) is 22.2 Å². The predicted molar refractivity (Wildman–Crippen MR) is 240 cm³/mol. The summed E-state index contributed by atoms with van der Waals surface area (Å²) in [4.78, 5) is 69.4. The topological polar surface area (TPSA) is 181 Å². The lowest BCUT2D eigenvalue weighted by Gasteiger charge is -2.38. The second kappa shape index (κ2) is 17.5. The Morgan fingerprint density at radius 1 is 0.833 bits per heavy atom. The zero-order valence-electron chi connectivity index (χ0n) is 35.9. The summed E-state index contributed by atoms with van der Waals surface area (Å²) in [6, 6.07) is 12.6. The first-order valence-corrected chi connectivity index (χ1v) is 23.9. The number of halogens is 3. The number of ketones is 1. The van der Waals surface area contributed by atoms with Crippen molar-refractivity contribution in [1.82, 2.24) is 29.5 Å². The summed E-state index contributed by atoms with van der Waals surface area (Å²) in [6.45, 7) is 3.52. The molecule has 344 valence electrons. The molecule has 4 saturated heterocycles. The molecule has 2 aromatic carbocycles. The minimum absolute atomic E-state index is 0.00104. The molecule has 0 bridgehead atoms. The Morgan fingerprint density at radius 2 is 1.58 bits per heavy atom. The van der Waals surface area contributed by atoms with Crippen molar-refractivity contribution in [2.45, 2.75) is 70.1 Å². The molecule has 3 amide bonds. The molecule has 0 radical (unpaired) electrons. The average Bonchev–Trinajstić information content (AvgIpc) is 4.04. The summed E-state index contributed by atoms with van der Waals surface area (Å²) >= 11 is 0. The minimum Gasteiger partial charge on any atom is -0.372 e. The third-order valence-corrected chi connectivity index (χ3v) is 15.4. The van der Waals surface area contributed by atoms with Gasteiger partial charge in [-0.15, -0.1) is 0 Å². The summed E-state index contributed by atoms with van der Waals surface area (Å²) < 4.78 is 73.1. The number of piperidine rings is 3. The highest BCUT2D eigenvalue weighted by Crippen LogP contribution is 2.36. The maximum atomic E-state index is 15.8. The van der Waals surface area contributed by atoms with Crippen molar-refractivity contribution in [2.24, 2.45) is 11.8 Å². The molecular weight excluding hydrogens is 876 g/mol. The number of alkyl halides is 1. The van der Waals surface area contributed by atoms with Crippen LogP contribution in [-0.4, -0.2) is 108 Å². The highest BCUT2D eigenvalue weighted by atomic mass is 32.2. The molecule has 66 heavy (non-hydrogen) atoms. The SMILES string of the molecule is O=C1CCC(N2Cc3cc(N4CCC(CC5CCN(c6ccc(-c7cnc8[nH]cc(C(=O)c9c(F)ccc(NS(=O)(=O)N%10CC[C@@H](F)C%10)c9F)c8c7)cn6)CC5)CC4)ccc3C2=O)C(=O)N1. The smallest absolute Gasteiger partial charge is 0.301 e. The van der Waals surface area contributed by atoms with Crippen LogP contribution in [-0.2, 0) is 26.3 Å². The van der Waals surface area contributed by atoms with Crippen LogP contribution in [0.2, 0.25) is 0 Å². The zero-order valence-corrected chi connectivity index (χ0v) is 36.8. The van der Waals surface area contributed by atoms with E-state index in [2.05, 4.69) is 31.2 Å². The third kappa shape index (κ3) is 8.38. The van der Waals surface area contributed by atoms with E-state index in [1.54, 1.807) is 23.4 Å². The number of nitrogens with zero attached hydrogens (tertiary/aromatic N) is 6. The normalized spacial score (nSPS) is 21.2. The van der Waals surface area contributed by atoms with Crippen molar-refractivity contribution in [2.75, 3.05) is 53.8 Å². The van der Waals surface area contributed by atoms with Crippen LogP contribution < -0.4 is 19.8 Å². The van der Waals surface area contributed by atoms with Gasteiger partial charge < -0.3 is 19.7 Å². The van der Waals surface area contributed by atoms with E-state index in [0.717, 1.165) is 90.9 Å². The van der Waals surface area contributed by atoms with Gasteiger partial charge in [0, 0.05) is 104 Å². The number of amides is 3. The fraction of sp³-hybridized carbons (Fsp3) is 0.404. The molecule has 5 aromatic rings. The molecule has 1 unspecified atom stereocenters. The molecule has 5 aliphatic rings. The van der Waals surface area contributed by atoms with E-state index in [0.29, 0.717) is 47.0 Å². The molecule has 5 aliphatic heterocycles. The van der Waals surface area contributed by atoms with E-state index >= 15 is 8.78 Å². The van der Waals surface area contributed by atoms with Gasteiger partial charge in [-0.05, 0) is 111 Å². The number of aromatic amines is 1. The molecule has 19 heteroatoms. The van der Waals surface area contributed by atoms with Gasteiger partial charge in [-0.2, -0.15) is 12.7 Å². The van der Waals surface area contributed by atoms with Gasteiger partial charge in [-0.3, -0.25) is 29.2 Å². The van der Waals surface area contributed by atoms with E-state index in [9.17, 15) is 32.0 Å². The summed E-state index contributed by atoms with van der Waals surface area (Å²) in [5.41, 5.74) is 2.66. The Kier molecular flexibility index (Phi) is 11.5. The molecule has 10 rings (SSSR count). The van der Waals surface area contributed by atoms with Crippen LogP contribution in [0.5, 0.6) is 0 Å². The van der Waals surface area contributed by atoms with Crippen LogP contribution in [0, 0.1) is 23.5 Å². The number of imide groups is 1. The summed E-state index contributed by atoms with van der Waals surface area (Å²) in [7, 11) is -4.36. The van der Waals surface area contributed by atoms with Gasteiger partial charge in [-0.1, -0.05) is 0 Å². The van der Waals surface area contributed by atoms with Crippen LogP contribution in [0.4, 0.5) is 30.4 Å². The fourth-order valence-corrected chi connectivity index (χ4v) is 11.5. The highest BCUT2D eigenvalue weighted by Gasteiger charge is 2.40. The molecule has 4 fully saturated rings. The number of nitrogens with one attached hydrogen (secondary N) is 3. The second-order valence-electron chi connectivity index (χ2n) is 18.0. The lowest BCUT2D eigenvalue weighted by atomic mass is 9.82. The van der Waals surface area contributed by atoms with Gasteiger partial charge in [0.25, 0.3) is 5.91 Å². The van der Waals surface area contributed by atoms with Gasteiger partial charge in [0.05, 0.1) is 11.3 Å². The Hall–Kier alpha value is -6.34. The van der Waals surface area contributed by atoms with Crippen molar-refractivity contribution in [3.8, 4) is 11.1 Å². The quantitative estimate of drug-likeness (QED) is 0.103. The number of anilines is 3. The van der Waals surface area contributed by atoms with Crippen LogP contribution in [0.3, 0.4) is 0 Å². The maximum absolute atomic E-state index is 15.8. The molecule has 3 aromatic heterocycles. The first kappa shape index (κ1) is 43.5. The molecule has 0 spiro atoms. The zero-order chi connectivity index (χ0) is 45.9. The first-order chi connectivity index (χ1) is 31.8. The van der Waals surface area contributed by atoms with E-state index in [1.807, 2.05) is 29.0 Å². The molecule has 0 saturated carbocycles. The molecule has 3 N–H and O–H groups in total. The molecular formula is C47H48F3N9O6S. The molecule has 15 nitrogen and oxygen atoms in total. The van der Waals surface area contributed by atoms with E-state index in [-0.39, 0.29) is 43.3 Å². The Bertz CT molecular complexity index is 2860. The van der Waals surface area contributed by atoms with Gasteiger partial charge in [-0.25, -0.2) is 23.1 Å². The Balaban J connectivity index is 0.730. The lowest BCUT2D eigenvalue weighted by Crippen LogP contribution is -2.52. The maximum Gasteiger partial charge on any atom is 0.301 e. The number of hydrogen-bond acceptors (Lipinski definition) is 10. The fourth-order valence-electron chi connectivity index (χ4n) is 10.2. The third-order valence-electron chi connectivity index (χ3n) is 13.9. The molecule has 2 atom stereocenters. The Labute approximate surface area is 378 Å². The number of carbonyl (C=O) groups excluding carboxylic acids is 4. The number of pyridine rings is 2. The predicted octanol–water partition coefficient (Wildman–Crippen LogP) is 6.12. The van der Waals surface area contributed by atoms with E-state index < -0.39 is 57.0 Å². The van der Waals surface area contributed by atoms with Gasteiger partial charge in [0.15, 0.2) is 5.82 Å². The number of H-pyrrole nitrogens is 1. The molecule has 0 aliphatic carbocycles. The lowest BCUT2D eigenvalue weighted by molar-refractivity contribution is -0.136. The van der Waals surface area contributed by atoms with Crippen LogP contribution >= 0.6 is 0 Å². The monoisotopic (exact) mass is 923 g/mol. The first-order valence-electron chi connectivity index (χ1n) is 22.5. The summed E-state index contributed by atoms with van der Waals surface area (Å²) in [6.07, 6.45) is 9.36. The number of fused-ring (bicyclic) bond motifs is 2. The van der Waals surface area contributed by atoms with Crippen molar-refractivity contribution in [1.29, 1.82) is 0 Å². The number of carbonyl (C=O) groups is 4. The van der Waals surface area contributed by atoms with Gasteiger partial charge in [0.2, 0.25) is 17.6 Å². The van der Waals surface area contributed by atoms with Crippen molar-refractivity contribution < 1.29 is 40.8 Å². The summed E-state index contributed by atoms with van der Waals surface area (Å²) in [5.74, 6) is -2.34. The number of rotatable bonds is 11. The highest BCUT2D eigenvalue weighted by molar-refractivity contribution is 7.90. The average molecular weight is 924 g/mol. The van der Waals surface area contributed by atoms with E-state index in [4.69, 9.17) is 4.98 Å². The van der Waals surface area contributed by atoms with Crippen molar-refractivity contribution in [3.05, 3.63) is 101 Å². The number of aromatic nitrogens is 3. The number of benzene rings is 2. The van der Waals surface area contributed by atoms with Gasteiger partial charge in [0.1, 0.15) is 29.5 Å². The van der Waals surface area contributed by atoms with Crippen LogP contribution in [0.15, 0.2) is 67.1 Å². The summed E-state index contributed by atoms with van der Waals surface area (Å²) in [5, 5.41) is 2.67. The minimum atomic E-state index is -4.36. The van der Waals surface area contributed by atoms with Crippen molar-refractivity contribution >= 4 is 61.9 Å². The van der Waals surface area contributed by atoms with Gasteiger partial charge >= 0.3 is 10.2 Å². The second-order valence-corrected chi connectivity index (χ2v) is 19.7. The van der Waals surface area contributed by atoms with Crippen LogP contribution in [0.1, 0.15) is 83.2 Å². The number of hydrogen-bond donors (Lipinski definition) is 3. The largest absolute Gasteiger partial charge is 0.372 e.